The molecule has 1 heterocycles. The molecule has 23 heavy (non-hydrogen) atoms. The number of nitrogens with one attached hydrogen (secondary N) is 1. The van der Waals surface area contributed by atoms with Gasteiger partial charge in [0.1, 0.15) is 0 Å². The highest BCUT2D eigenvalue weighted by molar-refractivity contribution is 5.97. The highest BCUT2D eigenvalue weighted by Gasteiger charge is 2.18. The summed E-state index contributed by atoms with van der Waals surface area (Å²) in [5.74, 6) is 0.259. The second kappa shape index (κ2) is 6.48. The van der Waals surface area contributed by atoms with E-state index in [4.69, 9.17) is 4.42 Å². The fourth-order valence-electron chi connectivity index (χ4n) is 2.47. The lowest BCUT2D eigenvalue weighted by Crippen LogP contribution is -2.24. The van der Waals surface area contributed by atoms with Crippen molar-refractivity contribution in [2.75, 3.05) is 0 Å². The van der Waals surface area contributed by atoms with Gasteiger partial charge in [0.05, 0.1) is 0 Å². The zero-order valence-electron chi connectivity index (χ0n) is 13.2. The van der Waals surface area contributed by atoms with Gasteiger partial charge >= 0.3 is 0 Å². The van der Waals surface area contributed by atoms with E-state index in [2.05, 4.69) is 10.3 Å². The highest BCUT2D eigenvalue weighted by Crippen LogP contribution is 2.24. The van der Waals surface area contributed by atoms with Crippen LogP contribution in [0.5, 0.6) is 0 Å². The van der Waals surface area contributed by atoms with E-state index in [1.165, 1.54) is 6.39 Å². The molecular formula is C19H18N2O2. The van der Waals surface area contributed by atoms with Crippen LogP contribution in [0, 0.1) is 13.8 Å². The lowest BCUT2D eigenvalue weighted by Gasteiger charge is -2.07. The molecule has 4 nitrogen and oxygen atoms in total. The lowest BCUT2D eigenvalue weighted by atomic mass is 10.1. The van der Waals surface area contributed by atoms with Gasteiger partial charge in [-0.1, -0.05) is 48.0 Å². The number of carbonyl (C=O) groups is 1. The minimum atomic E-state index is -0.237. The van der Waals surface area contributed by atoms with Gasteiger partial charge in [-0.3, -0.25) is 4.79 Å². The maximum absolute atomic E-state index is 12.4. The highest BCUT2D eigenvalue weighted by atomic mass is 16.3. The summed E-state index contributed by atoms with van der Waals surface area (Å²) in [5.41, 5.74) is 4.49. The van der Waals surface area contributed by atoms with E-state index >= 15 is 0 Å². The molecule has 0 saturated heterocycles. The van der Waals surface area contributed by atoms with Gasteiger partial charge in [-0.05, 0) is 31.0 Å². The van der Waals surface area contributed by atoms with Gasteiger partial charge < -0.3 is 9.73 Å². The number of amides is 1. The molecule has 3 aromatic rings. The molecule has 2 aromatic carbocycles. The van der Waals surface area contributed by atoms with Crippen molar-refractivity contribution in [3.05, 3.63) is 77.3 Å². The fraction of sp³-hybridized carbons (Fsp3) is 0.158. The first-order chi connectivity index (χ1) is 11.1. The van der Waals surface area contributed by atoms with Gasteiger partial charge in [0, 0.05) is 12.1 Å². The van der Waals surface area contributed by atoms with Crippen LogP contribution in [0.4, 0.5) is 0 Å². The lowest BCUT2D eigenvalue weighted by molar-refractivity contribution is 0.0946. The zero-order valence-corrected chi connectivity index (χ0v) is 13.2. The average molecular weight is 306 g/mol. The van der Waals surface area contributed by atoms with Crippen LogP contribution in [0.15, 0.2) is 59.3 Å². The average Bonchev–Trinajstić information content (AvgIpc) is 3.03. The monoisotopic (exact) mass is 306 g/mol. The smallest absolute Gasteiger partial charge is 0.274 e. The largest absolute Gasteiger partial charge is 0.443 e. The van der Waals surface area contributed by atoms with E-state index in [0.717, 1.165) is 22.3 Å². The van der Waals surface area contributed by atoms with Crippen molar-refractivity contribution >= 4 is 5.91 Å². The summed E-state index contributed by atoms with van der Waals surface area (Å²) in [6.07, 6.45) is 1.31. The van der Waals surface area contributed by atoms with E-state index < -0.39 is 0 Å². The molecule has 0 atom stereocenters. The van der Waals surface area contributed by atoms with Crippen molar-refractivity contribution < 1.29 is 9.21 Å². The van der Waals surface area contributed by atoms with E-state index in [0.29, 0.717) is 18.0 Å². The van der Waals surface area contributed by atoms with Crippen LogP contribution in [0.3, 0.4) is 0 Å². The summed E-state index contributed by atoms with van der Waals surface area (Å²) in [6.45, 7) is 4.49. The molecule has 0 fully saturated rings. The molecule has 4 heteroatoms. The Labute approximate surface area is 135 Å². The number of oxazole rings is 1. The van der Waals surface area contributed by atoms with Crippen molar-refractivity contribution in [1.29, 1.82) is 0 Å². The van der Waals surface area contributed by atoms with Gasteiger partial charge in [0.15, 0.2) is 17.8 Å². The first-order valence-electron chi connectivity index (χ1n) is 7.48. The number of hydrogen-bond donors (Lipinski definition) is 1. The molecule has 0 saturated carbocycles. The Bertz CT molecular complexity index is 837. The molecular weight excluding hydrogens is 288 g/mol. The van der Waals surface area contributed by atoms with E-state index in [9.17, 15) is 4.79 Å². The van der Waals surface area contributed by atoms with Crippen molar-refractivity contribution in [1.82, 2.24) is 10.3 Å². The van der Waals surface area contributed by atoms with Crippen molar-refractivity contribution in [3.63, 3.8) is 0 Å². The van der Waals surface area contributed by atoms with Crippen LogP contribution in [0.2, 0.25) is 0 Å². The number of aromatic nitrogens is 1. The molecule has 0 radical (unpaired) electrons. The SMILES string of the molecule is Cc1cccc(-c2ocnc2C(=O)NCc2ccccc2C)c1. The maximum Gasteiger partial charge on any atom is 0.274 e. The number of benzene rings is 2. The molecule has 3 rings (SSSR count). The summed E-state index contributed by atoms with van der Waals surface area (Å²) in [6, 6.07) is 15.8. The van der Waals surface area contributed by atoms with Crippen molar-refractivity contribution in [2.24, 2.45) is 0 Å². The van der Waals surface area contributed by atoms with Crippen LogP contribution in [0.25, 0.3) is 11.3 Å². The molecule has 1 aromatic heterocycles. The molecule has 0 aliphatic rings. The number of hydrogen-bond acceptors (Lipinski definition) is 3. The minimum absolute atomic E-state index is 0.237. The van der Waals surface area contributed by atoms with Gasteiger partial charge in [-0.25, -0.2) is 4.98 Å². The summed E-state index contributed by atoms with van der Waals surface area (Å²) in [7, 11) is 0. The van der Waals surface area contributed by atoms with Gasteiger partial charge in [0.25, 0.3) is 5.91 Å². The molecule has 0 spiro atoms. The van der Waals surface area contributed by atoms with Gasteiger partial charge in [0.2, 0.25) is 0 Å². The molecule has 1 amide bonds. The Balaban J connectivity index is 1.79. The number of nitrogens with zero attached hydrogens (tertiary/aromatic N) is 1. The third kappa shape index (κ3) is 3.31. The van der Waals surface area contributed by atoms with Crippen LogP contribution in [0.1, 0.15) is 27.2 Å². The first kappa shape index (κ1) is 15.0. The molecule has 1 N–H and O–H groups in total. The normalized spacial score (nSPS) is 10.5. The van der Waals surface area contributed by atoms with Crippen molar-refractivity contribution in [3.8, 4) is 11.3 Å². The van der Waals surface area contributed by atoms with Crippen molar-refractivity contribution in [2.45, 2.75) is 20.4 Å². The predicted molar refractivity (Wildman–Crippen MR) is 89.0 cm³/mol. The Morgan fingerprint density at radius 3 is 2.74 bits per heavy atom. The van der Waals surface area contributed by atoms with Crippen LogP contribution in [-0.4, -0.2) is 10.9 Å². The van der Waals surface area contributed by atoms with Crippen LogP contribution in [-0.2, 0) is 6.54 Å². The third-order valence-electron chi connectivity index (χ3n) is 3.76. The number of carbonyl (C=O) groups excluding carboxylic acids is 1. The van der Waals surface area contributed by atoms with Gasteiger partial charge in [-0.2, -0.15) is 0 Å². The summed E-state index contributed by atoms with van der Waals surface area (Å²) in [4.78, 5) is 16.5. The molecule has 116 valence electrons. The quantitative estimate of drug-likeness (QED) is 0.795. The molecule has 0 aliphatic carbocycles. The Morgan fingerprint density at radius 2 is 1.96 bits per heavy atom. The Morgan fingerprint density at radius 1 is 1.13 bits per heavy atom. The zero-order chi connectivity index (χ0) is 16.2. The molecule has 0 aliphatic heterocycles. The number of rotatable bonds is 4. The molecule has 0 bridgehead atoms. The van der Waals surface area contributed by atoms with Gasteiger partial charge in [-0.15, -0.1) is 0 Å². The summed E-state index contributed by atoms with van der Waals surface area (Å²) in [5, 5.41) is 2.91. The summed E-state index contributed by atoms with van der Waals surface area (Å²) < 4.78 is 5.43. The second-order valence-electron chi connectivity index (χ2n) is 5.51. The Hall–Kier alpha value is -2.88. The molecule has 0 unspecified atom stereocenters. The van der Waals surface area contributed by atoms with E-state index in [1.807, 2.05) is 62.4 Å². The predicted octanol–water partition coefficient (Wildman–Crippen LogP) is 3.89. The topological polar surface area (TPSA) is 55.1 Å². The van der Waals surface area contributed by atoms with Crippen LogP contribution >= 0.6 is 0 Å². The standard InChI is InChI=1S/C19H18N2O2/c1-13-6-5-9-15(10-13)18-17(21-12-23-18)19(22)20-11-16-8-4-3-7-14(16)2/h3-10,12H,11H2,1-2H3,(H,20,22). The third-order valence-corrected chi connectivity index (χ3v) is 3.76. The summed E-state index contributed by atoms with van der Waals surface area (Å²) >= 11 is 0. The second-order valence-corrected chi connectivity index (χ2v) is 5.51. The fourth-order valence-corrected chi connectivity index (χ4v) is 2.47. The van der Waals surface area contributed by atoms with E-state index in [1.54, 1.807) is 0 Å². The van der Waals surface area contributed by atoms with E-state index in [-0.39, 0.29) is 5.91 Å². The van der Waals surface area contributed by atoms with Crippen LogP contribution < -0.4 is 5.32 Å². The Kier molecular flexibility index (Phi) is 4.24. The first-order valence-corrected chi connectivity index (χ1v) is 7.48. The number of aryl methyl sites for hydroxylation is 2. The minimum Gasteiger partial charge on any atom is -0.443 e. The maximum atomic E-state index is 12.4.